The van der Waals surface area contributed by atoms with E-state index in [0.29, 0.717) is 11.9 Å². The van der Waals surface area contributed by atoms with Crippen molar-refractivity contribution in [1.82, 2.24) is 9.55 Å². The molecule has 0 bridgehead atoms. The average molecular weight is 276 g/mol. The molecular formula is C15H20N2O3. The second kappa shape index (κ2) is 5.63. The number of carboxylic acids is 1. The van der Waals surface area contributed by atoms with E-state index in [9.17, 15) is 15.0 Å². The molecule has 1 aromatic carbocycles. The maximum atomic E-state index is 11.3. The van der Waals surface area contributed by atoms with Gasteiger partial charge in [-0.3, -0.25) is 0 Å². The van der Waals surface area contributed by atoms with Gasteiger partial charge in [0.2, 0.25) is 0 Å². The van der Waals surface area contributed by atoms with Gasteiger partial charge in [0, 0.05) is 12.5 Å². The molecule has 0 saturated carbocycles. The summed E-state index contributed by atoms with van der Waals surface area (Å²) < 4.78 is 2.04. The highest BCUT2D eigenvalue weighted by molar-refractivity contribution is 6.01. The predicted octanol–water partition coefficient (Wildman–Crippen LogP) is 2.63. The van der Waals surface area contributed by atoms with Crippen LogP contribution in [0.5, 0.6) is 0 Å². The standard InChI is InChI=1S/C15H20N2O3/c1-4-13-16-14-11(15(19)20)6-5-7-12(14)17(13)9(2)8-10(3)18/h5-7,9-10,18H,4,8H2,1-3H3,(H,19,20). The molecule has 1 aromatic heterocycles. The number of nitrogens with zero attached hydrogens (tertiary/aromatic N) is 2. The Labute approximate surface area is 117 Å². The number of imidazole rings is 1. The third-order valence-corrected chi connectivity index (χ3v) is 3.46. The fraction of sp³-hybridized carbons (Fsp3) is 0.467. The van der Waals surface area contributed by atoms with E-state index in [1.165, 1.54) is 0 Å². The summed E-state index contributed by atoms with van der Waals surface area (Å²) >= 11 is 0. The molecule has 2 unspecified atom stereocenters. The maximum absolute atomic E-state index is 11.3. The molecule has 20 heavy (non-hydrogen) atoms. The van der Waals surface area contributed by atoms with Crippen LogP contribution in [0.25, 0.3) is 11.0 Å². The molecule has 0 spiro atoms. The fourth-order valence-electron chi connectivity index (χ4n) is 2.68. The van der Waals surface area contributed by atoms with Crippen LogP contribution < -0.4 is 0 Å². The number of rotatable bonds is 5. The molecule has 2 N–H and O–H groups in total. The topological polar surface area (TPSA) is 75.3 Å². The lowest BCUT2D eigenvalue weighted by Crippen LogP contribution is -2.14. The number of aryl methyl sites for hydroxylation is 1. The quantitative estimate of drug-likeness (QED) is 0.880. The lowest BCUT2D eigenvalue weighted by atomic mass is 10.1. The van der Waals surface area contributed by atoms with Crippen molar-refractivity contribution in [2.24, 2.45) is 0 Å². The normalized spacial score (nSPS) is 14.4. The molecule has 0 aliphatic rings. The molecule has 0 amide bonds. The van der Waals surface area contributed by atoms with Gasteiger partial charge in [-0.2, -0.15) is 0 Å². The summed E-state index contributed by atoms with van der Waals surface area (Å²) in [4.78, 5) is 15.8. The summed E-state index contributed by atoms with van der Waals surface area (Å²) in [6.07, 6.45) is 0.919. The summed E-state index contributed by atoms with van der Waals surface area (Å²) in [5.74, 6) is -0.118. The van der Waals surface area contributed by atoms with Crippen LogP contribution in [-0.4, -0.2) is 31.8 Å². The zero-order valence-corrected chi connectivity index (χ0v) is 12.0. The van der Waals surface area contributed by atoms with E-state index in [2.05, 4.69) is 4.98 Å². The summed E-state index contributed by atoms with van der Waals surface area (Å²) in [7, 11) is 0. The number of benzene rings is 1. The van der Waals surface area contributed by atoms with Crippen LogP contribution in [0.4, 0.5) is 0 Å². The molecule has 5 heteroatoms. The monoisotopic (exact) mass is 276 g/mol. The van der Waals surface area contributed by atoms with Gasteiger partial charge in [0.1, 0.15) is 11.3 Å². The van der Waals surface area contributed by atoms with Crippen molar-refractivity contribution in [3.63, 3.8) is 0 Å². The Hall–Kier alpha value is -1.88. The largest absolute Gasteiger partial charge is 0.478 e. The molecule has 108 valence electrons. The first-order valence-electron chi connectivity index (χ1n) is 6.86. The van der Waals surface area contributed by atoms with Crippen molar-refractivity contribution in [3.8, 4) is 0 Å². The molecule has 1 heterocycles. The SMILES string of the molecule is CCc1nc2c(C(=O)O)cccc2n1C(C)CC(C)O. The fourth-order valence-corrected chi connectivity index (χ4v) is 2.68. The maximum Gasteiger partial charge on any atom is 0.337 e. The highest BCUT2D eigenvalue weighted by Crippen LogP contribution is 2.26. The minimum Gasteiger partial charge on any atom is -0.478 e. The zero-order valence-electron chi connectivity index (χ0n) is 12.0. The zero-order chi connectivity index (χ0) is 14.9. The highest BCUT2D eigenvalue weighted by atomic mass is 16.4. The van der Waals surface area contributed by atoms with E-state index in [1.807, 2.05) is 24.5 Å². The molecule has 2 rings (SSSR count). The third-order valence-electron chi connectivity index (χ3n) is 3.46. The second-order valence-corrected chi connectivity index (χ2v) is 5.16. The van der Waals surface area contributed by atoms with E-state index in [-0.39, 0.29) is 11.6 Å². The van der Waals surface area contributed by atoms with Crippen molar-refractivity contribution < 1.29 is 15.0 Å². The Balaban J connectivity index is 2.64. The smallest absolute Gasteiger partial charge is 0.337 e. The predicted molar refractivity (Wildman–Crippen MR) is 77.1 cm³/mol. The molecule has 0 aliphatic carbocycles. The summed E-state index contributed by atoms with van der Waals surface area (Å²) in [6, 6.07) is 5.25. The number of hydrogen-bond donors (Lipinski definition) is 2. The molecule has 5 nitrogen and oxygen atoms in total. The number of aromatic nitrogens is 2. The van der Waals surface area contributed by atoms with Crippen LogP contribution in [0.15, 0.2) is 18.2 Å². The van der Waals surface area contributed by atoms with E-state index >= 15 is 0 Å². The van der Waals surface area contributed by atoms with Gasteiger partial charge >= 0.3 is 5.97 Å². The number of carbonyl (C=O) groups is 1. The average Bonchev–Trinajstić information content (AvgIpc) is 2.75. The third kappa shape index (κ3) is 2.54. The number of para-hydroxylation sites is 1. The Bertz CT molecular complexity index is 631. The van der Waals surface area contributed by atoms with Gasteiger partial charge in [0.15, 0.2) is 0 Å². The van der Waals surface area contributed by atoms with E-state index in [1.54, 1.807) is 19.1 Å². The van der Waals surface area contributed by atoms with Gasteiger partial charge in [-0.15, -0.1) is 0 Å². The first kappa shape index (κ1) is 14.5. The number of fused-ring (bicyclic) bond motifs is 1. The first-order valence-corrected chi connectivity index (χ1v) is 6.86. The van der Waals surface area contributed by atoms with Gasteiger partial charge in [-0.25, -0.2) is 9.78 Å². The summed E-state index contributed by atoms with van der Waals surface area (Å²) in [5.41, 5.74) is 1.56. The van der Waals surface area contributed by atoms with Crippen molar-refractivity contribution in [2.45, 2.75) is 45.8 Å². The lowest BCUT2D eigenvalue weighted by molar-refractivity contribution is 0.0699. The van der Waals surface area contributed by atoms with Crippen molar-refractivity contribution >= 4 is 17.0 Å². The summed E-state index contributed by atoms with van der Waals surface area (Å²) in [6.45, 7) is 5.76. The van der Waals surface area contributed by atoms with Crippen molar-refractivity contribution in [1.29, 1.82) is 0 Å². The molecule has 2 aromatic rings. The van der Waals surface area contributed by atoms with Crippen LogP contribution in [-0.2, 0) is 6.42 Å². The number of carboxylic acid groups (broad SMARTS) is 1. The molecule has 0 saturated heterocycles. The summed E-state index contributed by atoms with van der Waals surface area (Å²) in [5, 5.41) is 18.8. The van der Waals surface area contributed by atoms with Crippen LogP contribution >= 0.6 is 0 Å². The Morgan fingerprint density at radius 2 is 2.10 bits per heavy atom. The van der Waals surface area contributed by atoms with Crippen molar-refractivity contribution in [2.75, 3.05) is 0 Å². The van der Waals surface area contributed by atoms with E-state index in [4.69, 9.17) is 0 Å². The van der Waals surface area contributed by atoms with Gasteiger partial charge in [0.25, 0.3) is 0 Å². The number of aliphatic hydroxyl groups excluding tert-OH is 1. The van der Waals surface area contributed by atoms with Crippen LogP contribution in [0.2, 0.25) is 0 Å². The number of hydrogen-bond acceptors (Lipinski definition) is 3. The van der Waals surface area contributed by atoms with Gasteiger partial charge < -0.3 is 14.8 Å². The van der Waals surface area contributed by atoms with Crippen LogP contribution in [0.1, 0.15) is 49.4 Å². The molecule has 0 aliphatic heterocycles. The van der Waals surface area contributed by atoms with E-state index in [0.717, 1.165) is 17.8 Å². The molecule has 2 atom stereocenters. The van der Waals surface area contributed by atoms with Gasteiger partial charge in [-0.05, 0) is 32.4 Å². The number of aromatic carboxylic acids is 1. The number of aliphatic hydroxyl groups is 1. The minimum atomic E-state index is -0.967. The Kier molecular flexibility index (Phi) is 4.09. The lowest BCUT2D eigenvalue weighted by Gasteiger charge is -2.18. The Morgan fingerprint density at radius 1 is 1.40 bits per heavy atom. The Morgan fingerprint density at radius 3 is 2.65 bits per heavy atom. The van der Waals surface area contributed by atoms with Crippen molar-refractivity contribution in [3.05, 3.63) is 29.6 Å². The minimum absolute atomic E-state index is 0.0685. The first-order chi connectivity index (χ1) is 9.45. The van der Waals surface area contributed by atoms with E-state index < -0.39 is 12.1 Å². The molecule has 0 radical (unpaired) electrons. The van der Waals surface area contributed by atoms with Crippen LogP contribution in [0, 0.1) is 0 Å². The molecule has 0 fully saturated rings. The van der Waals surface area contributed by atoms with Gasteiger partial charge in [0.05, 0.1) is 17.2 Å². The second-order valence-electron chi connectivity index (χ2n) is 5.16. The van der Waals surface area contributed by atoms with Gasteiger partial charge in [-0.1, -0.05) is 13.0 Å². The highest BCUT2D eigenvalue weighted by Gasteiger charge is 2.19. The molecular weight excluding hydrogens is 256 g/mol. The van der Waals surface area contributed by atoms with Crippen LogP contribution in [0.3, 0.4) is 0 Å².